The minimum Gasteiger partial charge on any atom is -0.416 e. The van der Waals surface area contributed by atoms with Gasteiger partial charge in [0.2, 0.25) is 11.8 Å². The van der Waals surface area contributed by atoms with Gasteiger partial charge in [0.25, 0.3) is 5.22 Å². The average Bonchev–Trinajstić information content (AvgIpc) is 3.24. The Morgan fingerprint density at radius 2 is 2.23 bits per heavy atom. The Labute approximate surface area is 137 Å². The van der Waals surface area contributed by atoms with Crippen molar-refractivity contribution in [2.45, 2.75) is 43.1 Å². The number of amides is 1. The molecule has 1 fully saturated rings. The summed E-state index contributed by atoms with van der Waals surface area (Å²) < 4.78 is 5.56. The van der Waals surface area contributed by atoms with Crippen molar-refractivity contribution in [1.29, 1.82) is 0 Å². The van der Waals surface area contributed by atoms with Crippen LogP contribution in [0.5, 0.6) is 0 Å². The maximum atomic E-state index is 12.3. The molecule has 1 aliphatic carbocycles. The van der Waals surface area contributed by atoms with Gasteiger partial charge in [-0.15, -0.1) is 10.2 Å². The van der Waals surface area contributed by atoms with Crippen molar-refractivity contribution in [3.63, 3.8) is 0 Å². The van der Waals surface area contributed by atoms with Crippen molar-refractivity contribution in [2.24, 2.45) is 0 Å². The van der Waals surface area contributed by atoms with E-state index in [1.54, 1.807) is 13.0 Å². The lowest BCUT2D eigenvalue weighted by Gasteiger charge is -2.12. The van der Waals surface area contributed by atoms with Crippen LogP contribution in [0.3, 0.4) is 0 Å². The number of halogens is 1. The van der Waals surface area contributed by atoms with Crippen molar-refractivity contribution in [3.8, 4) is 0 Å². The monoisotopic (exact) mass is 337 g/mol. The molecule has 2 aromatic rings. The number of rotatable bonds is 5. The first-order chi connectivity index (χ1) is 10.5. The van der Waals surface area contributed by atoms with Crippen LogP contribution >= 0.6 is 23.4 Å². The van der Waals surface area contributed by atoms with E-state index in [-0.39, 0.29) is 11.2 Å². The van der Waals surface area contributed by atoms with Crippen LogP contribution in [0.4, 0.5) is 5.69 Å². The number of hydrogen-bond donors (Lipinski definition) is 1. The van der Waals surface area contributed by atoms with Crippen LogP contribution in [-0.4, -0.2) is 21.4 Å². The summed E-state index contributed by atoms with van der Waals surface area (Å²) in [5.74, 6) is 0.974. The standard InChI is InChI=1S/C15H16ClN3O2S/c1-8-11(16)4-3-5-12(8)17-13(20)9(2)22-15-19-18-14(21-15)10-6-7-10/h3-5,9-10H,6-7H2,1-2H3,(H,17,20)/t9-/m0/s1. The van der Waals surface area contributed by atoms with E-state index in [1.165, 1.54) is 11.8 Å². The molecule has 1 saturated carbocycles. The fourth-order valence-corrected chi connectivity index (χ4v) is 2.81. The molecule has 0 saturated heterocycles. The Morgan fingerprint density at radius 1 is 1.45 bits per heavy atom. The largest absolute Gasteiger partial charge is 0.416 e. The van der Waals surface area contributed by atoms with Crippen molar-refractivity contribution < 1.29 is 9.21 Å². The second-order valence-corrected chi connectivity index (χ2v) is 7.04. The number of nitrogens with zero attached hydrogens (tertiary/aromatic N) is 2. The SMILES string of the molecule is Cc1c(Cl)cccc1NC(=O)[C@H](C)Sc1nnc(C2CC2)o1. The Kier molecular flexibility index (Phi) is 4.40. The van der Waals surface area contributed by atoms with Gasteiger partial charge in [0, 0.05) is 16.6 Å². The third-order valence-electron chi connectivity index (χ3n) is 3.52. The molecule has 1 amide bonds. The summed E-state index contributed by atoms with van der Waals surface area (Å²) in [6.07, 6.45) is 2.22. The second kappa shape index (κ2) is 6.30. The number of anilines is 1. The zero-order valence-corrected chi connectivity index (χ0v) is 13.9. The number of nitrogens with one attached hydrogen (secondary N) is 1. The topological polar surface area (TPSA) is 68.0 Å². The molecule has 1 aromatic carbocycles. The highest BCUT2D eigenvalue weighted by molar-refractivity contribution is 8.00. The van der Waals surface area contributed by atoms with Crippen LogP contribution in [0.2, 0.25) is 5.02 Å². The molecule has 0 bridgehead atoms. The van der Waals surface area contributed by atoms with Gasteiger partial charge in [0.15, 0.2) is 0 Å². The molecule has 0 spiro atoms. The number of carbonyl (C=O) groups is 1. The minimum absolute atomic E-state index is 0.124. The molecule has 0 unspecified atom stereocenters. The Balaban J connectivity index is 1.62. The van der Waals surface area contributed by atoms with Gasteiger partial charge < -0.3 is 9.73 Å². The number of carbonyl (C=O) groups excluding carboxylic acids is 1. The quantitative estimate of drug-likeness (QED) is 0.834. The highest BCUT2D eigenvalue weighted by Crippen LogP contribution is 2.40. The third kappa shape index (κ3) is 3.44. The zero-order valence-electron chi connectivity index (χ0n) is 12.3. The molecular weight excluding hydrogens is 322 g/mol. The van der Waals surface area contributed by atoms with Crippen molar-refractivity contribution in [1.82, 2.24) is 10.2 Å². The van der Waals surface area contributed by atoms with Gasteiger partial charge in [0.05, 0.1) is 5.25 Å². The van der Waals surface area contributed by atoms with Crippen molar-refractivity contribution in [2.75, 3.05) is 5.32 Å². The summed E-state index contributed by atoms with van der Waals surface area (Å²) in [4.78, 5) is 12.3. The fourth-order valence-electron chi connectivity index (χ4n) is 1.95. The summed E-state index contributed by atoms with van der Waals surface area (Å²) in [5, 5.41) is 11.6. The first kappa shape index (κ1) is 15.4. The maximum Gasteiger partial charge on any atom is 0.277 e. The first-order valence-electron chi connectivity index (χ1n) is 7.10. The molecule has 5 nitrogen and oxygen atoms in total. The molecule has 7 heteroatoms. The molecule has 22 heavy (non-hydrogen) atoms. The van der Waals surface area contributed by atoms with Gasteiger partial charge in [-0.05, 0) is 44.4 Å². The van der Waals surface area contributed by atoms with Crippen LogP contribution in [0, 0.1) is 6.92 Å². The van der Waals surface area contributed by atoms with Gasteiger partial charge >= 0.3 is 0 Å². The Morgan fingerprint density at radius 3 is 2.95 bits per heavy atom. The predicted molar refractivity (Wildman–Crippen MR) is 86.4 cm³/mol. The van der Waals surface area contributed by atoms with Gasteiger partial charge in [-0.1, -0.05) is 29.4 Å². The van der Waals surface area contributed by atoms with E-state index in [4.69, 9.17) is 16.0 Å². The lowest BCUT2D eigenvalue weighted by Crippen LogP contribution is -2.22. The van der Waals surface area contributed by atoms with Gasteiger partial charge in [-0.2, -0.15) is 0 Å². The summed E-state index contributed by atoms with van der Waals surface area (Å²) >= 11 is 7.32. The smallest absolute Gasteiger partial charge is 0.277 e. The van der Waals surface area contributed by atoms with E-state index in [2.05, 4.69) is 15.5 Å². The second-order valence-electron chi connectivity index (χ2n) is 5.34. The third-order valence-corrected chi connectivity index (χ3v) is 4.86. The molecule has 3 rings (SSSR count). The van der Waals surface area contributed by atoms with Crippen LogP contribution in [-0.2, 0) is 4.79 Å². The number of aromatic nitrogens is 2. The lowest BCUT2D eigenvalue weighted by atomic mass is 10.2. The van der Waals surface area contributed by atoms with E-state index >= 15 is 0 Å². The van der Waals surface area contributed by atoms with E-state index in [1.807, 2.05) is 19.1 Å². The van der Waals surface area contributed by atoms with Crippen molar-refractivity contribution >= 4 is 35.0 Å². The van der Waals surface area contributed by atoms with Gasteiger partial charge in [0.1, 0.15) is 0 Å². The normalized spacial score (nSPS) is 15.6. The highest BCUT2D eigenvalue weighted by Gasteiger charge is 2.30. The van der Waals surface area contributed by atoms with Crippen LogP contribution in [0.15, 0.2) is 27.8 Å². The molecule has 1 aromatic heterocycles. The Bertz CT molecular complexity index is 700. The van der Waals surface area contributed by atoms with E-state index in [9.17, 15) is 4.79 Å². The average molecular weight is 338 g/mol. The predicted octanol–water partition coefficient (Wildman–Crippen LogP) is 4.03. The summed E-state index contributed by atoms with van der Waals surface area (Å²) in [5.41, 5.74) is 1.57. The van der Waals surface area contributed by atoms with Crippen LogP contribution in [0.1, 0.15) is 37.1 Å². The fraction of sp³-hybridized carbons (Fsp3) is 0.400. The summed E-state index contributed by atoms with van der Waals surface area (Å²) in [6.45, 7) is 3.68. The maximum absolute atomic E-state index is 12.3. The zero-order chi connectivity index (χ0) is 15.7. The lowest BCUT2D eigenvalue weighted by molar-refractivity contribution is -0.115. The van der Waals surface area contributed by atoms with Crippen molar-refractivity contribution in [3.05, 3.63) is 34.7 Å². The molecule has 1 N–H and O–H groups in total. The number of hydrogen-bond acceptors (Lipinski definition) is 5. The van der Waals surface area contributed by atoms with E-state index in [0.717, 1.165) is 18.4 Å². The molecule has 0 aliphatic heterocycles. The van der Waals surface area contributed by atoms with Crippen LogP contribution < -0.4 is 5.32 Å². The van der Waals surface area contributed by atoms with E-state index < -0.39 is 0 Å². The highest BCUT2D eigenvalue weighted by atomic mass is 35.5. The molecule has 1 aliphatic rings. The summed E-state index contributed by atoms with van der Waals surface area (Å²) in [7, 11) is 0. The molecule has 1 heterocycles. The molecule has 116 valence electrons. The van der Waals surface area contributed by atoms with E-state index in [0.29, 0.717) is 27.7 Å². The van der Waals surface area contributed by atoms with Crippen LogP contribution in [0.25, 0.3) is 0 Å². The van der Waals surface area contributed by atoms with Gasteiger partial charge in [-0.3, -0.25) is 4.79 Å². The molecule has 1 atom stereocenters. The number of benzene rings is 1. The van der Waals surface area contributed by atoms with Gasteiger partial charge in [-0.25, -0.2) is 0 Å². The first-order valence-corrected chi connectivity index (χ1v) is 8.36. The summed E-state index contributed by atoms with van der Waals surface area (Å²) in [6, 6.07) is 5.43. The Hall–Kier alpha value is -1.53. The molecular formula is C15H16ClN3O2S. The molecule has 0 radical (unpaired) electrons. The minimum atomic E-state index is -0.342. The number of thioether (sulfide) groups is 1.